The molecule has 1 heterocycles. The Balaban J connectivity index is 1.71. The summed E-state index contributed by atoms with van der Waals surface area (Å²) in [6.45, 7) is 8.96. The number of hydrogen-bond donors (Lipinski definition) is 0. The number of ether oxygens (including phenoxy) is 1. The molecule has 45 heavy (non-hydrogen) atoms. The maximum atomic E-state index is 13.9. The van der Waals surface area contributed by atoms with Gasteiger partial charge in [0.15, 0.2) is 5.60 Å². The second-order valence-corrected chi connectivity index (χ2v) is 11.9. The zero-order chi connectivity index (χ0) is 32.4. The van der Waals surface area contributed by atoms with Crippen molar-refractivity contribution >= 4 is 12.2 Å². The Hall–Kier alpha value is -4.52. The minimum Gasteiger partial charge on any atom is -0.472 e. The van der Waals surface area contributed by atoms with Crippen molar-refractivity contribution in [1.82, 2.24) is 0 Å². The highest BCUT2D eigenvalue weighted by Crippen LogP contribution is 2.58. The molecule has 0 bridgehead atoms. The van der Waals surface area contributed by atoms with Gasteiger partial charge in [-0.05, 0) is 58.5 Å². The Morgan fingerprint density at radius 1 is 0.867 bits per heavy atom. The van der Waals surface area contributed by atoms with Gasteiger partial charge in [0.1, 0.15) is 5.75 Å². The summed E-state index contributed by atoms with van der Waals surface area (Å²) in [5.74, 6) is 0.365. The van der Waals surface area contributed by atoms with Crippen LogP contribution in [0.3, 0.4) is 0 Å². The molecule has 1 nitrogen and oxygen atoms in total. The van der Waals surface area contributed by atoms with E-state index in [0.717, 1.165) is 34.9 Å². The number of hydrogen-bond acceptors (Lipinski definition) is 1. The molecule has 4 aromatic carbocycles. The fraction of sp³-hybridized carbons (Fsp3) is 0.211. The lowest BCUT2D eigenvalue weighted by atomic mass is 9.76. The van der Waals surface area contributed by atoms with E-state index < -0.39 is 34.5 Å². The maximum absolute atomic E-state index is 13.9. The molecule has 0 radical (unpaired) electrons. The smallest absolute Gasteiger partial charge is 0.416 e. The molecule has 4 aromatic rings. The fourth-order valence-corrected chi connectivity index (χ4v) is 6.70. The van der Waals surface area contributed by atoms with Gasteiger partial charge in [0, 0.05) is 33.2 Å². The van der Waals surface area contributed by atoms with E-state index in [2.05, 4.69) is 6.58 Å². The van der Waals surface area contributed by atoms with Crippen molar-refractivity contribution < 1.29 is 31.1 Å². The van der Waals surface area contributed by atoms with Crippen molar-refractivity contribution in [3.05, 3.63) is 148 Å². The SMILES string of the molecule is C=C(C=Cc1c(CC)c2c(c3c1OC(c1ccccc1)(c1ccccc1)C=C3)C(C)(C)c1ccc(C(F)(F)F)cc1-2)C(F)(F)F. The van der Waals surface area contributed by atoms with Gasteiger partial charge in [-0.3, -0.25) is 0 Å². The standard InChI is InChI=1S/C38H30F6O/c1-5-27-28(18-16-23(2)37(39,40)41)34-29(33-32(27)30-22-26(38(42,43)44)17-19-31(30)35(33,3)4)20-21-36(45-34,24-12-8-6-9-13-24)25-14-10-7-11-15-25/h6-22H,2,5H2,1,3-4H3. The van der Waals surface area contributed by atoms with Gasteiger partial charge in [0.25, 0.3) is 0 Å². The molecular formula is C38H30F6O. The molecule has 0 N–H and O–H groups in total. The Labute approximate surface area is 258 Å². The van der Waals surface area contributed by atoms with Crippen LogP contribution in [0.2, 0.25) is 0 Å². The first-order valence-corrected chi connectivity index (χ1v) is 14.6. The molecule has 0 saturated heterocycles. The second kappa shape index (κ2) is 10.5. The summed E-state index contributed by atoms with van der Waals surface area (Å²) < 4.78 is 89.7. The minimum absolute atomic E-state index is 0.330. The van der Waals surface area contributed by atoms with Crippen molar-refractivity contribution in [2.45, 2.75) is 50.6 Å². The van der Waals surface area contributed by atoms with E-state index in [9.17, 15) is 26.3 Å². The second-order valence-electron chi connectivity index (χ2n) is 11.9. The fourth-order valence-electron chi connectivity index (χ4n) is 6.70. The molecule has 0 spiro atoms. The highest BCUT2D eigenvalue weighted by atomic mass is 19.4. The minimum atomic E-state index is -4.66. The van der Waals surface area contributed by atoms with Crippen LogP contribution in [0.15, 0.2) is 103 Å². The van der Waals surface area contributed by atoms with Crippen LogP contribution in [0.4, 0.5) is 26.3 Å². The maximum Gasteiger partial charge on any atom is 0.416 e. The summed E-state index contributed by atoms with van der Waals surface area (Å²) >= 11 is 0. The normalized spacial score (nSPS) is 16.2. The molecule has 7 heteroatoms. The molecular weight excluding hydrogens is 586 g/mol. The molecule has 2 aliphatic rings. The number of alkyl halides is 6. The molecule has 0 saturated carbocycles. The molecule has 0 fully saturated rings. The lowest BCUT2D eigenvalue weighted by molar-refractivity contribution is -0.137. The van der Waals surface area contributed by atoms with E-state index in [1.807, 2.05) is 93.6 Å². The van der Waals surface area contributed by atoms with Crippen LogP contribution >= 0.6 is 0 Å². The summed E-state index contributed by atoms with van der Waals surface area (Å²) in [5.41, 5.74) is 2.03. The Kier molecular flexibility index (Phi) is 7.14. The quantitative estimate of drug-likeness (QED) is 0.160. The van der Waals surface area contributed by atoms with Gasteiger partial charge in [0.2, 0.25) is 0 Å². The third kappa shape index (κ3) is 4.89. The first-order valence-electron chi connectivity index (χ1n) is 14.6. The van der Waals surface area contributed by atoms with Crippen LogP contribution in [0.5, 0.6) is 5.75 Å². The average Bonchev–Trinajstić information content (AvgIpc) is 3.25. The van der Waals surface area contributed by atoms with Gasteiger partial charge in [0.05, 0.1) is 5.56 Å². The van der Waals surface area contributed by atoms with Crippen molar-refractivity contribution in [2.75, 3.05) is 0 Å². The van der Waals surface area contributed by atoms with Crippen LogP contribution in [0.1, 0.15) is 65.3 Å². The highest BCUT2D eigenvalue weighted by molar-refractivity contribution is 5.93. The molecule has 0 aromatic heterocycles. The summed E-state index contributed by atoms with van der Waals surface area (Å²) in [7, 11) is 0. The number of rotatable bonds is 5. The zero-order valence-corrected chi connectivity index (χ0v) is 24.9. The van der Waals surface area contributed by atoms with E-state index in [1.165, 1.54) is 12.1 Å². The number of benzene rings is 4. The van der Waals surface area contributed by atoms with Gasteiger partial charge in [-0.1, -0.05) is 106 Å². The van der Waals surface area contributed by atoms with Gasteiger partial charge in [-0.25, -0.2) is 0 Å². The van der Waals surface area contributed by atoms with Crippen LogP contribution in [-0.2, 0) is 23.6 Å². The molecule has 0 amide bonds. The van der Waals surface area contributed by atoms with Gasteiger partial charge < -0.3 is 4.74 Å². The number of allylic oxidation sites excluding steroid dienone is 2. The highest BCUT2D eigenvalue weighted by Gasteiger charge is 2.46. The molecule has 0 unspecified atom stereocenters. The number of fused-ring (bicyclic) bond motifs is 5. The molecule has 1 aliphatic heterocycles. The van der Waals surface area contributed by atoms with Crippen molar-refractivity contribution in [3.8, 4) is 16.9 Å². The topological polar surface area (TPSA) is 9.23 Å². The Bertz CT molecular complexity index is 1820. The van der Waals surface area contributed by atoms with Crippen LogP contribution < -0.4 is 4.74 Å². The van der Waals surface area contributed by atoms with Crippen molar-refractivity contribution in [2.24, 2.45) is 0 Å². The molecule has 1 aliphatic carbocycles. The van der Waals surface area contributed by atoms with Crippen molar-refractivity contribution in [3.63, 3.8) is 0 Å². The zero-order valence-electron chi connectivity index (χ0n) is 24.9. The third-order valence-electron chi connectivity index (χ3n) is 8.87. The molecule has 6 rings (SSSR count). The van der Waals surface area contributed by atoms with E-state index in [1.54, 1.807) is 0 Å². The first kappa shape index (κ1) is 30.5. The van der Waals surface area contributed by atoms with Gasteiger partial charge in [-0.15, -0.1) is 0 Å². The predicted octanol–water partition coefficient (Wildman–Crippen LogP) is 11.1. The van der Waals surface area contributed by atoms with E-state index in [-0.39, 0.29) is 0 Å². The molecule has 230 valence electrons. The summed E-state index contributed by atoms with van der Waals surface area (Å²) in [5, 5.41) is 0. The van der Waals surface area contributed by atoms with E-state index >= 15 is 0 Å². The predicted molar refractivity (Wildman–Crippen MR) is 166 cm³/mol. The lowest BCUT2D eigenvalue weighted by Gasteiger charge is -2.39. The average molecular weight is 617 g/mol. The first-order chi connectivity index (χ1) is 21.2. The van der Waals surface area contributed by atoms with Gasteiger partial charge >= 0.3 is 12.4 Å². The van der Waals surface area contributed by atoms with Crippen LogP contribution in [0, 0.1) is 0 Å². The Morgan fingerprint density at radius 2 is 1.47 bits per heavy atom. The van der Waals surface area contributed by atoms with Crippen LogP contribution in [-0.4, -0.2) is 6.18 Å². The van der Waals surface area contributed by atoms with Crippen molar-refractivity contribution in [1.29, 1.82) is 0 Å². The monoisotopic (exact) mass is 616 g/mol. The Morgan fingerprint density at radius 3 is 2.00 bits per heavy atom. The summed E-state index contributed by atoms with van der Waals surface area (Å²) in [4.78, 5) is 0. The number of halogens is 6. The summed E-state index contributed by atoms with van der Waals surface area (Å²) in [6.07, 6.45) is -2.82. The third-order valence-corrected chi connectivity index (χ3v) is 8.87. The lowest BCUT2D eigenvalue weighted by Crippen LogP contribution is -2.35. The van der Waals surface area contributed by atoms with E-state index in [4.69, 9.17) is 4.74 Å². The van der Waals surface area contributed by atoms with Crippen LogP contribution in [0.25, 0.3) is 23.3 Å². The van der Waals surface area contributed by atoms with E-state index in [0.29, 0.717) is 45.6 Å². The summed E-state index contributed by atoms with van der Waals surface area (Å²) in [6, 6.07) is 22.8. The molecule has 0 atom stereocenters. The largest absolute Gasteiger partial charge is 0.472 e. The van der Waals surface area contributed by atoms with Gasteiger partial charge in [-0.2, -0.15) is 26.3 Å².